The predicted octanol–water partition coefficient (Wildman–Crippen LogP) is 5.36. The van der Waals surface area contributed by atoms with Crippen LogP contribution in [0.3, 0.4) is 0 Å². The highest BCUT2D eigenvalue weighted by atomic mass is 16.5. The van der Waals surface area contributed by atoms with Gasteiger partial charge in [0.05, 0.1) is 25.2 Å². The lowest BCUT2D eigenvalue weighted by atomic mass is 10.0. The van der Waals surface area contributed by atoms with Crippen LogP contribution in [0.2, 0.25) is 0 Å². The third-order valence-electron chi connectivity index (χ3n) is 5.39. The molecule has 2 aromatic rings. The minimum absolute atomic E-state index is 0.132. The van der Waals surface area contributed by atoms with Crippen molar-refractivity contribution in [1.82, 2.24) is 5.32 Å². The molecule has 1 heterocycles. The highest BCUT2D eigenvalue weighted by molar-refractivity contribution is 5.80. The number of nitrogens with one attached hydrogen (secondary N) is 2. The maximum atomic E-state index is 6.25. The molecule has 0 aliphatic carbocycles. The van der Waals surface area contributed by atoms with Crippen LogP contribution in [0.5, 0.6) is 5.75 Å². The van der Waals surface area contributed by atoms with E-state index in [-0.39, 0.29) is 18.4 Å². The van der Waals surface area contributed by atoms with Crippen LogP contribution in [0.4, 0.5) is 5.69 Å². The molecule has 31 heavy (non-hydrogen) atoms. The van der Waals surface area contributed by atoms with Crippen molar-refractivity contribution in [2.24, 2.45) is 4.99 Å². The first kappa shape index (κ1) is 22.5. The Morgan fingerprint density at radius 3 is 2.71 bits per heavy atom. The number of fused-ring (bicyclic) bond motifs is 1. The number of hydrogen-bond donors (Lipinski definition) is 2. The van der Waals surface area contributed by atoms with Crippen molar-refractivity contribution >= 4 is 17.6 Å². The number of nitrogens with zero attached hydrogens (tertiary/aromatic N) is 1. The van der Waals surface area contributed by atoms with Gasteiger partial charge in [-0.1, -0.05) is 55.6 Å². The van der Waals surface area contributed by atoms with Gasteiger partial charge in [-0.05, 0) is 49.2 Å². The van der Waals surface area contributed by atoms with Crippen molar-refractivity contribution in [1.29, 1.82) is 0 Å². The molecule has 2 aromatic carbocycles. The normalized spacial score (nSPS) is 16.9. The van der Waals surface area contributed by atoms with Crippen molar-refractivity contribution in [2.45, 2.75) is 31.7 Å². The largest absolute Gasteiger partial charge is 0.497 e. The molecule has 3 unspecified atom stereocenters. The van der Waals surface area contributed by atoms with Crippen molar-refractivity contribution in [3.63, 3.8) is 0 Å². The topological polar surface area (TPSA) is 54.9 Å². The lowest BCUT2D eigenvalue weighted by molar-refractivity contribution is 0.0197. The third kappa shape index (κ3) is 5.94. The Morgan fingerprint density at radius 1 is 1.23 bits per heavy atom. The van der Waals surface area contributed by atoms with E-state index in [4.69, 9.17) is 9.47 Å². The molecule has 0 amide bonds. The van der Waals surface area contributed by atoms with E-state index in [9.17, 15) is 0 Å². The Morgan fingerprint density at radius 2 is 2.00 bits per heavy atom. The monoisotopic (exact) mass is 417 g/mol. The number of aliphatic imine (C=N–C) groups is 1. The minimum atomic E-state index is -0.379. The summed E-state index contributed by atoms with van der Waals surface area (Å²) in [4.78, 5) is 4.46. The molecule has 3 rings (SSSR count). The molecule has 5 nitrogen and oxygen atoms in total. The Kier molecular flexibility index (Phi) is 7.82. The molecule has 0 fully saturated rings. The van der Waals surface area contributed by atoms with Crippen molar-refractivity contribution < 1.29 is 9.47 Å². The number of hydrogen-bond acceptors (Lipinski definition) is 5. The highest BCUT2D eigenvalue weighted by Gasteiger charge is 2.22. The Bertz CT molecular complexity index is 966. The van der Waals surface area contributed by atoms with Gasteiger partial charge in [0.1, 0.15) is 5.75 Å². The van der Waals surface area contributed by atoms with Gasteiger partial charge in [-0.2, -0.15) is 0 Å². The van der Waals surface area contributed by atoms with Crippen LogP contribution in [0.25, 0.3) is 5.57 Å². The number of allylic oxidation sites excluding steroid dienone is 2. The van der Waals surface area contributed by atoms with Crippen LogP contribution in [0.1, 0.15) is 30.7 Å². The van der Waals surface area contributed by atoms with E-state index in [1.165, 1.54) is 0 Å². The number of rotatable bonds is 10. The summed E-state index contributed by atoms with van der Waals surface area (Å²) in [6.07, 6.45) is 6.05. The lowest BCUT2D eigenvalue weighted by Gasteiger charge is -2.26. The summed E-state index contributed by atoms with van der Waals surface area (Å²) in [6.45, 7) is 10.4. The SMILES string of the molecule is C=C(/C=C\C(CC(=C)C(C)OC1N=CNc2cc(OC)ccc21)NC)c1ccccc1. The average molecular weight is 418 g/mol. The summed E-state index contributed by atoms with van der Waals surface area (Å²) in [5, 5.41) is 6.48. The quantitative estimate of drug-likeness (QED) is 0.404. The van der Waals surface area contributed by atoms with Crippen LogP contribution in [0.15, 0.2) is 84.4 Å². The van der Waals surface area contributed by atoms with E-state index < -0.39 is 0 Å². The Hall–Kier alpha value is -3.15. The first-order chi connectivity index (χ1) is 15.0. The van der Waals surface area contributed by atoms with Gasteiger partial charge in [-0.3, -0.25) is 0 Å². The second kappa shape index (κ2) is 10.8. The van der Waals surface area contributed by atoms with E-state index in [1.54, 1.807) is 13.4 Å². The third-order valence-corrected chi connectivity index (χ3v) is 5.39. The van der Waals surface area contributed by atoms with Crippen molar-refractivity contribution in [2.75, 3.05) is 19.5 Å². The molecule has 0 spiro atoms. The van der Waals surface area contributed by atoms with Gasteiger partial charge in [0.25, 0.3) is 0 Å². The first-order valence-electron chi connectivity index (χ1n) is 10.4. The van der Waals surface area contributed by atoms with Crippen molar-refractivity contribution in [3.8, 4) is 5.75 Å². The number of methoxy groups -OCH3 is 1. The van der Waals surface area contributed by atoms with Crippen LogP contribution in [-0.4, -0.2) is 32.6 Å². The average Bonchev–Trinajstić information content (AvgIpc) is 2.81. The molecule has 3 atom stereocenters. The number of anilines is 1. The van der Waals surface area contributed by atoms with Gasteiger partial charge >= 0.3 is 0 Å². The summed E-state index contributed by atoms with van der Waals surface area (Å²) in [6, 6.07) is 16.1. The van der Waals surface area contributed by atoms with Gasteiger partial charge in [0.2, 0.25) is 0 Å². The van der Waals surface area contributed by atoms with Crippen LogP contribution >= 0.6 is 0 Å². The number of benzene rings is 2. The number of ether oxygens (including phenoxy) is 2. The molecular formula is C26H31N3O2. The second-order valence-electron chi connectivity index (χ2n) is 7.51. The summed E-state index contributed by atoms with van der Waals surface area (Å²) in [5.74, 6) is 0.790. The van der Waals surface area contributed by atoms with Gasteiger partial charge in [0.15, 0.2) is 6.23 Å². The van der Waals surface area contributed by atoms with E-state index in [0.29, 0.717) is 0 Å². The zero-order valence-corrected chi connectivity index (χ0v) is 18.5. The van der Waals surface area contributed by atoms with Gasteiger partial charge in [-0.15, -0.1) is 0 Å². The summed E-state index contributed by atoms with van der Waals surface area (Å²) in [7, 11) is 3.60. The van der Waals surface area contributed by atoms with Gasteiger partial charge < -0.3 is 20.1 Å². The van der Waals surface area contributed by atoms with Crippen LogP contribution < -0.4 is 15.4 Å². The molecule has 2 N–H and O–H groups in total. The maximum Gasteiger partial charge on any atom is 0.178 e. The minimum Gasteiger partial charge on any atom is -0.497 e. The fraction of sp³-hybridized carbons (Fsp3) is 0.269. The molecule has 0 saturated heterocycles. The summed E-state index contributed by atoms with van der Waals surface area (Å²) in [5.41, 5.74) is 5.01. The smallest absolute Gasteiger partial charge is 0.178 e. The molecule has 162 valence electrons. The molecule has 0 saturated carbocycles. The van der Waals surface area contributed by atoms with Crippen LogP contribution in [0, 0.1) is 0 Å². The van der Waals surface area contributed by atoms with Crippen LogP contribution in [-0.2, 0) is 4.74 Å². The fourth-order valence-corrected chi connectivity index (χ4v) is 3.35. The molecule has 0 bridgehead atoms. The standard InChI is InChI=1S/C26H31N3O2/c1-18(21-9-7-6-8-10-21)11-12-22(27-4)15-19(2)20(3)31-26-24-14-13-23(30-5)16-25(24)28-17-29-26/h6-14,16-17,20,22,26-27H,1-2,15H2,3-5H3,(H,28,29)/b12-11-. The summed E-state index contributed by atoms with van der Waals surface area (Å²) < 4.78 is 11.5. The zero-order valence-electron chi connectivity index (χ0n) is 18.5. The Labute approximate surface area is 185 Å². The van der Waals surface area contributed by atoms with E-state index in [1.807, 2.05) is 50.4 Å². The molecular weight excluding hydrogens is 386 g/mol. The van der Waals surface area contributed by atoms with Gasteiger partial charge in [-0.25, -0.2) is 4.99 Å². The molecule has 1 aliphatic heterocycles. The predicted molar refractivity (Wildman–Crippen MR) is 130 cm³/mol. The van der Waals surface area contributed by atoms with E-state index in [0.717, 1.165) is 40.1 Å². The van der Waals surface area contributed by atoms with Crippen molar-refractivity contribution in [3.05, 3.63) is 90.5 Å². The number of likely N-dealkylation sites (N-methyl/N-ethyl adjacent to an activating group) is 1. The summed E-state index contributed by atoms with van der Waals surface area (Å²) >= 11 is 0. The van der Waals surface area contributed by atoms with E-state index >= 15 is 0 Å². The molecule has 1 aliphatic rings. The lowest BCUT2D eigenvalue weighted by Crippen LogP contribution is -2.26. The fourth-order valence-electron chi connectivity index (χ4n) is 3.35. The molecule has 0 radical (unpaired) electrons. The maximum absolute atomic E-state index is 6.25. The second-order valence-corrected chi connectivity index (χ2v) is 7.51. The van der Waals surface area contributed by atoms with E-state index in [2.05, 4.69) is 53.1 Å². The molecule has 0 aromatic heterocycles. The van der Waals surface area contributed by atoms with Gasteiger partial charge in [0, 0.05) is 17.7 Å². The highest BCUT2D eigenvalue weighted by Crippen LogP contribution is 2.34. The Balaban J connectivity index is 1.59. The zero-order chi connectivity index (χ0) is 22.2. The first-order valence-corrected chi connectivity index (χ1v) is 10.4. The molecule has 5 heteroatoms.